The Balaban J connectivity index is 1.67. The average molecular weight is 382 g/mol. The van der Waals surface area contributed by atoms with Crippen molar-refractivity contribution in [2.45, 2.75) is 71.1 Å². The van der Waals surface area contributed by atoms with Gasteiger partial charge in [0.25, 0.3) is 0 Å². The summed E-state index contributed by atoms with van der Waals surface area (Å²) in [7, 11) is 0. The van der Waals surface area contributed by atoms with Gasteiger partial charge >= 0.3 is 0 Å². The third-order valence-corrected chi connectivity index (χ3v) is 6.92. The van der Waals surface area contributed by atoms with E-state index in [0.717, 1.165) is 17.3 Å². The summed E-state index contributed by atoms with van der Waals surface area (Å²) in [5.41, 5.74) is 9.23. The van der Waals surface area contributed by atoms with Crippen LogP contribution in [0.1, 0.15) is 98.9 Å². The molecule has 1 aliphatic carbocycles. The van der Waals surface area contributed by atoms with E-state index >= 15 is 0 Å². The minimum absolute atomic E-state index is 0.515. The fourth-order valence-electron chi connectivity index (χ4n) is 5.17. The standard InChI is InChI=1S/C28H31N/c1-17(2)20-14-21(18(3)4)16-22(15-20)28-25-11-7-10-24-23(19-8-5-6-9-19)12-13-26(29-28)27(24)25/h7,10-19H,5-6,8-9H2,1-4H3. The Bertz CT molecular complexity index is 1080. The van der Waals surface area contributed by atoms with Crippen molar-refractivity contribution >= 4 is 22.2 Å². The molecule has 0 unspecified atom stereocenters. The summed E-state index contributed by atoms with van der Waals surface area (Å²) in [6, 6.07) is 18.5. The van der Waals surface area contributed by atoms with Crippen LogP contribution in [0.15, 0.2) is 53.5 Å². The van der Waals surface area contributed by atoms with Crippen molar-refractivity contribution in [3.63, 3.8) is 0 Å². The highest BCUT2D eigenvalue weighted by molar-refractivity contribution is 6.26. The summed E-state index contributed by atoms with van der Waals surface area (Å²) in [5, 5.41) is 2.79. The van der Waals surface area contributed by atoms with Crippen molar-refractivity contribution in [3.8, 4) is 0 Å². The van der Waals surface area contributed by atoms with Crippen LogP contribution in [0, 0.1) is 0 Å². The number of nitrogens with zero attached hydrogens (tertiary/aromatic N) is 1. The van der Waals surface area contributed by atoms with Gasteiger partial charge in [0.1, 0.15) is 0 Å². The molecule has 29 heavy (non-hydrogen) atoms. The second-order valence-corrected chi connectivity index (χ2v) is 9.54. The molecule has 0 bridgehead atoms. The molecule has 3 aromatic rings. The Kier molecular flexibility index (Phi) is 4.57. The molecule has 0 spiro atoms. The van der Waals surface area contributed by atoms with E-state index in [9.17, 15) is 0 Å². The highest BCUT2D eigenvalue weighted by atomic mass is 14.8. The Morgan fingerprint density at radius 2 is 1.52 bits per heavy atom. The number of aliphatic imine (C=N–C) groups is 1. The van der Waals surface area contributed by atoms with Gasteiger partial charge in [-0.05, 0) is 70.9 Å². The molecule has 3 aromatic carbocycles. The highest BCUT2D eigenvalue weighted by Gasteiger charge is 2.25. The third-order valence-electron chi connectivity index (χ3n) is 6.92. The average Bonchev–Trinajstić information content (AvgIpc) is 3.37. The molecule has 0 radical (unpaired) electrons. The first-order valence-corrected chi connectivity index (χ1v) is 11.3. The summed E-state index contributed by atoms with van der Waals surface area (Å²) in [5.74, 6) is 1.75. The van der Waals surface area contributed by atoms with Crippen LogP contribution in [0.25, 0.3) is 10.8 Å². The number of benzene rings is 3. The minimum Gasteiger partial charge on any atom is -0.247 e. The lowest BCUT2D eigenvalue weighted by molar-refractivity contribution is 0.729. The van der Waals surface area contributed by atoms with Crippen molar-refractivity contribution in [1.29, 1.82) is 0 Å². The zero-order chi connectivity index (χ0) is 20.1. The Morgan fingerprint density at radius 1 is 0.828 bits per heavy atom. The highest BCUT2D eigenvalue weighted by Crippen LogP contribution is 2.44. The summed E-state index contributed by atoms with van der Waals surface area (Å²) in [4.78, 5) is 5.15. The molecule has 0 saturated heterocycles. The molecule has 0 atom stereocenters. The first-order chi connectivity index (χ1) is 14.0. The largest absolute Gasteiger partial charge is 0.247 e. The SMILES string of the molecule is CC(C)c1cc(C2=Nc3ccc(C4CCCC4)c4cccc2c34)cc(C(C)C)c1. The lowest BCUT2D eigenvalue weighted by Gasteiger charge is -2.16. The minimum atomic E-state index is 0.515. The van der Waals surface area contributed by atoms with Gasteiger partial charge in [-0.3, -0.25) is 0 Å². The number of rotatable bonds is 4. The van der Waals surface area contributed by atoms with Crippen LogP contribution >= 0.6 is 0 Å². The molecule has 5 rings (SSSR count). The smallest absolute Gasteiger partial charge is 0.0789 e. The van der Waals surface area contributed by atoms with Gasteiger partial charge in [-0.2, -0.15) is 0 Å². The van der Waals surface area contributed by atoms with E-state index in [1.54, 1.807) is 5.56 Å². The van der Waals surface area contributed by atoms with Crippen molar-refractivity contribution in [3.05, 3.63) is 76.3 Å². The Morgan fingerprint density at radius 3 is 2.17 bits per heavy atom. The van der Waals surface area contributed by atoms with Gasteiger partial charge in [-0.25, -0.2) is 4.99 Å². The van der Waals surface area contributed by atoms with E-state index in [1.165, 1.54) is 58.7 Å². The topological polar surface area (TPSA) is 12.4 Å². The van der Waals surface area contributed by atoms with Crippen LogP contribution in [-0.4, -0.2) is 5.71 Å². The maximum absolute atomic E-state index is 5.15. The summed E-state index contributed by atoms with van der Waals surface area (Å²) in [6.07, 6.45) is 5.41. The van der Waals surface area contributed by atoms with Gasteiger partial charge in [0, 0.05) is 16.5 Å². The number of hydrogen-bond acceptors (Lipinski definition) is 1. The Hall–Kier alpha value is -2.41. The van der Waals surface area contributed by atoms with Crippen LogP contribution in [0.2, 0.25) is 0 Å². The maximum Gasteiger partial charge on any atom is 0.0789 e. The molecular weight excluding hydrogens is 350 g/mol. The molecule has 0 aromatic heterocycles. The molecule has 148 valence electrons. The lowest BCUT2D eigenvalue weighted by Crippen LogP contribution is -2.04. The summed E-state index contributed by atoms with van der Waals surface area (Å²) < 4.78 is 0. The molecular formula is C28H31N. The van der Waals surface area contributed by atoms with Crippen LogP contribution in [0.3, 0.4) is 0 Å². The second-order valence-electron chi connectivity index (χ2n) is 9.54. The fourth-order valence-corrected chi connectivity index (χ4v) is 5.17. The van der Waals surface area contributed by atoms with Crippen LogP contribution in [0.4, 0.5) is 5.69 Å². The molecule has 2 aliphatic rings. The summed E-state index contributed by atoms with van der Waals surface area (Å²) in [6.45, 7) is 9.12. The van der Waals surface area contributed by atoms with Crippen molar-refractivity contribution in [1.82, 2.24) is 0 Å². The van der Waals surface area contributed by atoms with Gasteiger partial charge in [0.05, 0.1) is 11.4 Å². The first kappa shape index (κ1) is 18.6. The van der Waals surface area contributed by atoms with E-state index in [1.807, 2.05) is 0 Å². The van der Waals surface area contributed by atoms with Crippen LogP contribution in [0.5, 0.6) is 0 Å². The molecule has 0 amide bonds. The van der Waals surface area contributed by atoms with Crippen molar-refractivity contribution in [2.24, 2.45) is 4.99 Å². The van der Waals surface area contributed by atoms with Crippen molar-refractivity contribution in [2.75, 3.05) is 0 Å². The molecule has 1 heterocycles. The zero-order valence-corrected chi connectivity index (χ0v) is 18.1. The molecule has 1 fully saturated rings. The van der Waals surface area contributed by atoms with E-state index in [-0.39, 0.29) is 0 Å². The quantitative estimate of drug-likeness (QED) is 0.337. The predicted molar refractivity (Wildman–Crippen MR) is 125 cm³/mol. The van der Waals surface area contributed by atoms with E-state index in [4.69, 9.17) is 4.99 Å². The molecule has 0 N–H and O–H groups in total. The Labute approximate surface area is 174 Å². The maximum atomic E-state index is 5.15. The zero-order valence-electron chi connectivity index (χ0n) is 18.1. The first-order valence-electron chi connectivity index (χ1n) is 11.3. The van der Waals surface area contributed by atoms with E-state index < -0.39 is 0 Å². The van der Waals surface area contributed by atoms with Crippen molar-refractivity contribution < 1.29 is 0 Å². The van der Waals surface area contributed by atoms with E-state index in [0.29, 0.717) is 11.8 Å². The fraction of sp³-hybridized carbons (Fsp3) is 0.393. The summed E-state index contributed by atoms with van der Waals surface area (Å²) >= 11 is 0. The lowest BCUT2D eigenvalue weighted by atomic mass is 9.88. The predicted octanol–water partition coefficient (Wildman–Crippen LogP) is 8.23. The van der Waals surface area contributed by atoms with Crippen LogP contribution < -0.4 is 0 Å². The van der Waals surface area contributed by atoms with E-state index in [2.05, 4.69) is 76.2 Å². The van der Waals surface area contributed by atoms with Crippen LogP contribution in [-0.2, 0) is 0 Å². The number of hydrogen-bond donors (Lipinski definition) is 0. The monoisotopic (exact) mass is 381 g/mol. The second kappa shape index (κ2) is 7.13. The van der Waals surface area contributed by atoms with Gasteiger partial charge in [0.2, 0.25) is 0 Å². The molecule has 1 saturated carbocycles. The molecule has 1 aliphatic heterocycles. The van der Waals surface area contributed by atoms with Gasteiger partial charge in [-0.1, -0.05) is 70.9 Å². The van der Waals surface area contributed by atoms with Gasteiger partial charge in [0.15, 0.2) is 0 Å². The third kappa shape index (κ3) is 3.12. The normalized spacial score (nSPS) is 16.4. The molecule has 1 heteroatoms. The van der Waals surface area contributed by atoms with Gasteiger partial charge in [-0.15, -0.1) is 0 Å². The molecule has 1 nitrogen and oxygen atoms in total. The van der Waals surface area contributed by atoms with Gasteiger partial charge < -0.3 is 0 Å².